The Hall–Kier alpha value is -2.37. The third-order valence-electron chi connectivity index (χ3n) is 3.61. The highest BCUT2D eigenvalue weighted by Gasteiger charge is 2.27. The van der Waals surface area contributed by atoms with Crippen molar-refractivity contribution in [3.8, 4) is 0 Å². The van der Waals surface area contributed by atoms with Crippen LogP contribution in [-0.2, 0) is 0 Å². The van der Waals surface area contributed by atoms with E-state index >= 15 is 0 Å². The second kappa shape index (κ2) is 5.32. The van der Waals surface area contributed by atoms with Gasteiger partial charge in [-0.2, -0.15) is 0 Å². The Bertz CT molecular complexity index is 580. The molecule has 0 aliphatic carbocycles. The van der Waals surface area contributed by atoms with Gasteiger partial charge in [0.1, 0.15) is 17.8 Å². The van der Waals surface area contributed by atoms with Crippen LogP contribution >= 0.6 is 0 Å². The highest BCUT2D eigenvalue weighted by molar-refractivity contribution is 5.45. The van der Waals surface area contributed by atoms with Crippen LogP contribution in [0.3, 0.4) is 0 Å². The number of anilines is 1. The minimum Gasteiger partial charge on any atom is -0.467 e. The van der Waals surface area contributed by atoms with Crippen LogP contribution in [0.2, 0.25) is 0 Å². The Labute approximate surface area is 116 Å². The quantitative estimate of drug-likeness (QED) is 0.633. The van der Waals surface area contributed by atoms with Crippen LogP contribution in [0.15, 0.2) is 41.1 Å². The average Bonchev–Trinajstić information content (AvgIpc) is 3.01. The number of furan rings is 1. The van der Waals surface area contributed by atoms with Crippen molar-refractivity contribution >= 4 is 11.5 Å². The molecule has 104 valence electrons. The summed E-state index contributed by atoms with van der Waals surface area (Å²) in [7, 11) is 0. The first-order chi connectivity index (χ1) is 9.75. The summed E-state index contributed by atoms with van der Waals surface area (Å²) in [5.41, 5.74) is 0.0142. The summed E-state index contributed by atoms with van der Waals surface area (Å²) in [6.45, 7) is 0.885. The zero-order valence-electron chi connectivity index (χ0n) is 10.9. The third-order valence-corrected chi connectivity index (χ3v) is 3.61. The average molecular weight is 273 g/mol. The van der Waals surface area contributed by atoms with E-state index in [2.05, 4.69) is 9.88 Å². The molecule has 1 aliphatic heterocycles. The highest BCUT2D eigenvalue weighted by atomic mass is 16.6. The molecule has 20 heavy (non-hydrogen) atoms. The van der Waals surface area contributed by atoms with E-state index in [4.69, 9.17) is 4.42 Å². The minimum atomic E-state index is -0.434. The lowest BCUT2D eigenvalue weighted by Crippen LogP contribution is -2.33. The lowest BCUT2D eigenvalue weighted by molar-refractivity contribution is -0.385. The van der Waals surface area contributed by atoms with Crippen molar-refractivity contribution in [2.45, 2.75) is 25.3 Å². The predicted molar refractivity (Wildman–Crippen MR) is 73.5 cm³/mol. The van der Waals surface area contributed by atoms with Gasteiger partial charge < -0.3 is 9.32 Å². The van der Waals surface area contributed by atoms with Crippen LogP contribution in [0.1, 0.15) is 31.1 Å². The molecule has 2 aromatic rings. The largest absolute Gasteiger partial charge is 0.467 e. The summed E-state index contributed by atoms with van der Waals surface area (Å²) < 4.78 is 5.51. The molecule has 0 amide bonds. The molecule has 0 saturated carbocycles. The van der Waals surface area contributed by atoms with E-state index in [9.17, 15) is 10.1 Å². The minimum absolute atomic E-state index is 0.0142. The second-order valence-electron chi connectivity index (χ2n) is 4.85. The van der Waals surface area contributed by atoms with Gasteiger partial charge in [-0.05, 0) is 37.5 Å². The van der Waals surface area contributed by atoms with Gasteiger partial charge in [-0.15, -0.1) is 0 Å². The van der Waals surface area contributed by atoms with Crippen molar-refractivity contribution in [3.05, 3.63) is 52.6 Å². The monoisotopic (exact) mass is 273 g/mol. The van der Waals surface area contributed by atoms with Gasteiger partial charge in [-0.3, -0.25) is 10.1 Å². The molecule has 3 rings (SSSR count). The summed E-state index contributed by atoms with van der Waals surface area (Å²) in [6, 6.07) is 7.21. The predicted octanol–water partition coefficient (Wildman–Crippen LogP) is 3.31. The number of nitro groups is 1. The number of nitrogens with zero attached hydrogens (tertiary/aromatic N) is 3. The van der Waals surface area contributed by atoms with Gasteiger partial charge in [0.05, 0.1) is 17.2 Å². The van der Waals surface area contributed by atoms with Crippen molar-refractivity contribution in [1.82, 2.24) is 4.98 Å². The van der Waals surface area contributed by atoms with Gasteiger partial charge >= 0.3 is 0 Å². The first kappa shape index (κ1) is 12.7. The van der Waals surface area contributed by atoms with Gasteiger partial charge in [-0.1, -0.05) is 0 Å². The van der Waals surface area contributed by atoms with Crippen LogP contribution in [0, 0.1) is 10.1 Å². The van der Waals surface area contributed by atoms with E-state index in [0.29, 0.717) is 0 Å². The summed E-state index contributed by atoms with van der Waals surface area (Å²) in [6.07, 6.45) is 6.23. The van der Waals surface area contributed by atoms with Gasteiger partial charge in [0.15, 0.2) is 0 Å². The molecule has 0 bridgehead atoms. The van der Waals surface area contributed by atoms with E-state index in [-0.39, 0.29) is 11.7 Å². The smallest absolute Gasteiger partial charge is 0.287 e. The number of hydrogen-bond acceptors (Lipinski definition) is 5. The number of pyridine rings is 1. The molecule has 6 heteroatoms. The van der Waals surface area contributed by atoms with Crippen LogP contribution in [0.25, 0.3) is 0 Å². The Kier molecular flexibility index (Phi) is 3.37. The van der Waals surface area contributed by atoms with Crippen molar-refractivity contribution < 1.29 is 9.34 Å². The highest BCUT2D eigenvalue weighted by Crippen LogP contribution is 2.34. The van der Waals surface area contributed by atoms with Gasteiger partial charge in [0, 0.05) is 12.6 Å². The Balaban J connectivity index is 1.88. The first-order valence-electron chi connectivity index (χ1n) is 6.66. The number of hydrogen-bond donors (Lipinski definition) is 0. The lowest BCUT2D eigenvalue weighted by atomic mass is 10.00. The molecule has 0 radical (unpaired) electrons. The Morgan fingerprint density at radius 3 is 2.90 bits per heavy atom. The Morgan fingerprint density at radius 1 is 1.35 bits per heavy atom. The molecule has 1 aliphatic rings. The van der Waals surface area contributed by atoms with Crippen LogP contribution < -0.4 is 4.90 Å². The molecule has 0 N–H and O–H groups in total. The second-order valence-corrected chi connectivity index (χ2v) is 4.85. The fraction of sp³-hybridized carbons (Fsp3) is 0.357. The van der Waals surface area contributed by atoms with Gasteiger partial charge in [-0.25, -0.2) is 4.98 Å². The molecule has 1 atom stereocenters. The van der Waals surface area contributed by atoms with Crippen LogP contribution in [0.5, 0.6) is 0 Å². The number of piperidine rings is 1. The molecule has 3 heterocycles. The molecule has 0 aromatic carbocycles. The molecule has 6 nitrogen and oxygen atoms in total. The lowest BCUT2D eigenvalue weighted by Gasteiger charge is -2.35. The molecule has 2 aromatic heterocycles. The third kappa shape index (κ3) is 2.36. The normalized spacial score (nSPS) is 19.0. The van der Waals surface area contributed by atoms with Gasteiger partial charge in [0.2, 0.25) is 0 Å². The fourth-order valence-corrected chi connectivity index (χ4v) is 2.64. The maximum Gasteiger partial charge on any atom is 0.287 e. The fourth-order valence-electron chi connectivity index (χ4n) is 2.64. The van der Waals surface area contributed by atoms with Crippen molar-refractivity contribution in [1.29, 1.82) is 0 Å². The van der Waals surface area contributed by atoms with E-state index in [0.717, 1.165) is 37.4 Å². The SMILES string of the molecule is O=[N+]([O-])c1ccc(N2CCCC[C@@H]2c2ccco2)nc1. The van der Waals surface area contributed by atoms with E-state index < -0.39 is 4.92 Å². The van der Waals surface area contributed by atoms with Crippen molar-refractivity contribution in [3.63, 3.8) is 0 Å². The summed E-state index contributed by atoms with van der Waals surface area (Å²) in [5.74, 6) is 1.68. The topological polar surface area (TPSA) is 72.4 Å². The molecule has 0 spiro atoms. The van der Waals surface area contributed by atoms with Crippen molar-refractivity contribution in [2.75, 3.05) is 11.4 Å². The molecule has 1 saturated heterocycles. The maximum atomic E-state index is 10.7. The maximum absolute atomic E-state index is 10.7. The van der Waals surface area contributed by atoms with Crippen LogP contribution in [-0.4, -0.2) is 16.5 Å². The zero-order chi connectivity index (χ0) is 13.9. The van der Waals surface area contributed by atoms with Gasteiger partial charge in [0.25, 0.3) is 5.69 Å². The number of rotatable bonds is 3. The summed E-state index contributed by atoms with van der Waals surface area (Å²) in [5, 5.41) is 10.7. The van der Waals surface area contributed by atoms with E-state index in [1.807, 2.05) is 12.1 Å². The molecule has 1 fully saturated rings. The standard InChI is InChI=1S/C14H15N3O3/c18-17(19)11-6-7-14(15-10-11)16-8-2-1-4-12(16)13-5-3-9-20-13/h3,5-7,9-10,12H,1-2,4,8H2/t12-/m1/s1. The van der Waals surface area contributed by atoms with E-state index in [1.54, 1.807) is 12.3 Å². The number of aromatic nitrogens is 1. The van der Waals surface area contributed by atoms with Crippen molar-refractivity contribution in [2.24, 2.45) is 0 Å². The first-order valence-corrected chi connectivity index (χ1v) is 6.66. The molecule has 0 unspecified atom stereocenters. The zero-order valence-corrected chi connectivity index (χ0v) is 10.9. The Morgan fingerprint density at radius 2 is 2.25 bits per heavy atom. The molecular weight excluding hydrogens is 258 g/mol. The molecular formula is C14H15N3O3. The van der Waals surface area contributed by atoms with Crippen LogP contribution in [0.4, 0.5) is 11.5 Å². The summed E-state index contributed by atoms with van der Waals surface area (Å²) >= 11 is 0. The summed E-state index contributed by atoms with van der Waals surface area (Å²) in [4.78, 5) is 16.6. The van der Waals surface area contributed by atoms with E-state index in [1.165, 1.54) is 12.3 Å².